The quantitative estimate of drug-likeness (QED) is 0.165. The SMILES string of the molecule is COCC1(n2ccc(C(=O)NCc3nc(-c4cc5c(N[C@@]6(S)CCN(C)C[C@@H]6C)cccc5n4CC(F)(F)F)no3)c2)CC1. The van der Waals surface area contributed by atoms with E-state index in [4.69, 9.17) is 21.9 Å². The number of likely N-dealkylation sites (tertiary alicyclic amines) is 1. The van der Waals surface area contributed by atoms with Gasteiger partial charge < -0.3 is 33.9 Å². The Balaban J connectivity index is 1.24. The molecule has 44 heavy (non-hydrogen) atoms. The maximum atomic E-state index is 13.8. The Kier molecular flexibility index (Phi) is 7.95. The summed E-state index contributed by atoms with van der Waals surface area (Å²) in [6.45, 7) is 3.05. The van der Waals surface area contributed by atoms with Crippen LogP contribution in [0.25, 0.3) is 22.4 Å². The highest BCUT2D eigenvalue weighted by Gasteiger charge is 2.44. The van der Waals surface area contributed by atoms with Crippen LogP contribution in [0, 0.1) is 5.92 Å². The predicted molar refractivity (Wildman–Crippen MR) is 163 cm³/mol. The zero-order chi connectivity index (χ0) is 31.3. The van der Waals surface area contributed by atoms with Gasteiger partial charge in [0.15, 0.2) is 0 Å². The van der Waals surface area contributed by atoms with Gasteiger partial charge in [-0.05, 0) is 50.6 Å². The number of amides is 1. The van der Waals surface area contributed by atoms with Gasteiger partial charge >= 0.3 is 6.18 Å². The number of hydrogen-bond donors (Lipinski definition) is 3. The molecule has 0 spiro atoms. The summed E-state index contributed by atoms with van der Waals surface area (Å²) in [5.41, 5.74) is 1.58. The van der Waals surface area contributed by atoms with Crippen molar-refractivity contribution in [2.45, 2.75) is 55.9 Å². The summed E-state index contributed by atoms with van der Waals surface area (Å²) in [6.07, 6.45) is 1.88. The molecule has 10 nitrogen and oxygen atoms in total. The van der Waals surface area contributed by atoms with Gasteiger partial charge in [-0.2, -0.15) is 30.8 Å². The first-order valence-corrected chi connectivity index (χ1v) is 15.0. The number of nitrogens with one attached hydrogen (secondary N) is 2. The van der Waals surface area contributed by atoms with E-state index in [1.54, 1.807) is 37.6 Å². The van der Waals surface area contributed by atoms with E-state index in [0.29, 0.717) is 28.8 Å². The fourth-order valence-corrected chi connectivity index (χ4v) is 6.37. The third kappa shape index (κ3) is 6.07. The number of rotatable bonds is 10. The lowest BCUT2D eigenvalue weighted by Gasteiger charge is -2.43. The lowest BCUT2D eigenvalue weighted by Crippen LogP contribution is -2.50. The fraction of sp³-hybridized carbons (Fsp3) is 0.500. The van der Waals surface area contributed by atoms with E-state index in [0.717, 1.165) is 36.9 Å². The first-order chi connectivity index (χ1) is 20.9. The van der Waals surface area contributed by atoms with Crippen molar-refractivity contribution in [1.82, 2.24) is 29.5 Å². The van der Waals surface area contributed by atoms with Gasteiger partial charge in [0.1, 0.15) is 6.54 Å². The second-order valence-electron chi connectivity index (χ2n) is 12.1. The van der Waals surface area contributed by atoms with E-state index >= 15 is 0 Å². The topological polar surface area (TPSA) is 102 Å². The van der Waals surface area contributed by atoms with Gasteiger partial charge in [0.05, 0.1) is 40.3 Å². The number of thiol groups is 1. The summed E-state index contributed by atoms with van der Waals surface area (Å²) in [4.78, 5) is 18.9. The number of anilines is 1. The molecular formula is C30H36F3N7O3S. The number of methoxy groups -OCH3 is 1. The summed E-state index contributed by atoms with van der Waals surface area (Å²) in [5.74, 6) is -0.0783. The van der Waals surface area contributed by atoms with Crippen LogP contribution in [0.1, 0.15) is 42.4 Å². The number of fused-ring (bicyclic) bond motifs is 1. The summed E-state index contributed by atoms with van der Waals surface area (Å²) < 4.78 is 55.2. The van der Waals surface area contributed by atoms with Crippen LogP contribution in [0.3, 0.4) is 0 Å². The molecule has 3 aromatic heterocycles. The molecule has 6 rings (SSSR count). The van der Waals surface area contributed by atoms with Crippen molar-refractivity contribution in [3.63, 3.8) is 0 Å². The molecule has 2 atom stereocenters. The van der Waals surface area contributed by atoms with Gasteiger partial charge in [0.2, 0.25) is 11.7 Å². The smallest absolute Gasteiger partial charge is 0.382 e. The molecule has 1 saturated carbocycles. The van der Waals surface area contributed by atoms with Crippen LogP contribution in [0.15, 0.2) is 47.2 Å². The van der Waals surface area contributed by atoms with Crippen LogP contribution in [0.4, 0.5) is 18.9 Å². The third-order valence-electron chi connectivity index (χ3n) is 8.75. The van der Waals surface area contributed by atoms with Gasteiger partial charge in [0.25, 0.3) is 5.91 Å². The van der Waals surface area contributed by atoms with Crippen LogP contribution in [0.5, 0.6) is 0 Å². The number of piperidine rings is 1. The van der Waals surface area contributed by atoms with Crippen molar-refractivity contribution in [1.29, 1.82) is 0 Å². The average Bonchev–Trinajstić information content (AvgIpc) is 3.32. The van der Waals surface area contributed by atoms with E-state index in [1.807, 2.05) is 16.8 Å². The van der Waals surface area contributed by atoms with Crippen molar-refractivity contribution < 1.29 is 27.2 Å². The lowest BCUT2D eigenvalue weighted by atomic mass is 9.92. The van der Waals surface area contributed by atoms with Gasteiger partial charge in [-0.15, -0.1) is 0 Å². The zero-order valence-electron chi connectivity index (χ0n) is 24.8. The number of benzene rings is 1. The average molecular weight is 632 g/mol. The minimum absolute atomic E-state index is 0.00436. The Bertz CT molecular complexity index is 1660. The molecule has 1 aliphatic carbocycles. The number of alkyl halides is 3. The van der Waals surface area contributed by atoms with E-state index in [-0.39, 0.29) is 41.3 Å². The van der Waals surface area contributed by atoms with Gasteiger partial charge in [-0.1, -0.05) is 18.1 Å². The van der Waals surface area contributed by atoms with Crippen LogP contribution in [0.2, 0.25) is 0 Å². The molecule has 236 valence electrons. The van der Waals surface area contributed by atoms with E-state index in [2.05, 4.69) is 39.6 Å². The number of ether oxygens (including phenoxy) is 1. The van der Waals surface area contributed by atoms with Crippen LogP contribution in [-0.4, -0.2) is 75.0 Å². The normalized spacial score (nSPS) is 21.9. The van der Waals surface area contributed by atoms with Gasteiger partial charge in [-0.3, -0.25) is 4.79 Å². The fourth-order valence-electron chi connectivity index (χ4n) is 6.07. The molecule has 14 heteroatoms. The molecule has 1 amide bonds. The number of carbonyl (C=O) groups excluding carboxylic acids is 1. The van der Waals surface area contributed by atoms with Crippen molar-refractivity contribution in [3.05, 3.63) is 54.2 Å². The van der Waals surface area contributed by atoms with Crippen molar-refractivity contribution in [2.75, 3.05) is 39.2 Å². The standard InChI is InChI=1S/C30H36F3N7O3S/c1-19-15-38(2)12-10-29(19,44)36-22-5-4-6-23-21(22)13-24(40(23)17-30(31,32)33)26-35-25(43-37-26)14-34-27(41)20-7-11-39(16-20)28(8-9-28)18-42-3/h4-7,11,13,16,19,36,44H,8-10,12,14-15,17-18H2,1-3H3,(H,34,41)/t19-,29+/m0/s1. The highest BCUT2D eigenvalue weighted by atomic mass is 32.1. The Morgan fingerprint density at radius 3 is 2.75 bits per heavy atom. The summed E-state index contributed by atoms with van der Waals surface area (Å²) in [5, 5.41) is 10.9. The van der Waals surface area contributed by atoms with Gasteiger partial charge in [-0.25, -0.2) is 0 Å². The largest absolute Gasteiger partial charge is 0.406 e. The molecule has 2 N–H and O–H groups in total. The molecule has 2 aliphatic rings. The number of aromatic nitrogens is 4. The monoisotopic (exact) mass is 631 g/mol. The van der Waals surface area contributed by atoms with Crippen molar-refractivity contribution in [2.24, 2.45) is 5.92 Å². The first kappa shape index (κ1) is 30.5. The van der Waals surface area contributed by atoms with E-state index in [9.17, 15) is 18.0 Å². The minimum atomic E-state index is -4.49. The first-order valence-electron chi connectivity index (χ1n) is 14.6. The van der Waals surface area contributed by atoms with Crippen molar-refractivity contribution in [3.8, 4) is 11.5 Å². The van der Waals surface area contributed by atoms with Crippen LogP contribution in [-0.2, 0) is 23.4 Å². The molecule has 1 aromatic carbocycles. The predicted octanol–water partition coefficient (Wildman–Crippen LogP) is 5.13. The second kappa shape index (κ2) is 11.5. The molecule has 4 aromatic rings. The highest BCUT2D eigenvalue weighted by molar-refractivity contribution is 7.82. The molecule has 0 unspecified atom stereocenters. The number of halogens is 3. The van der Waals surface area contributed by atoms with Crippen molar-refractivity contribution >= 4 is 35.1 Å². The molecule has 0 bridgehead atoms. The summed E-state index contributed by atoms with van der Waals surface area (Å²) in [7, 11) is 3.71. The van der Waals surface area contributed by atoms with Gasteiger partial charge in [0, 0.05) is 49.6 Å². The molecular weight excluding hydrogens is 595 g/mol. The molecule has 1 saturated heterocycles. The molecule has 0 radical (unpaired) electrons. The zero-order valence-corrected chi connectivity index (χ0v) is 25.7. The third-order valence-corrected chi connectivity index (χ3v) is 9.53. The molecule has 1 aliphatic heterocycles. The number of hydrogen-bond acceptors (Lipinski definition) is 8. The number of nitrogens with zero attached hydrogens (tertiary/aromatic N) is 5. The highest BCUT2D eigenvalue weighted by Crippen LogP contribution is 2.44. The van der Waals surface area contributed by atoms with E-state index < -0.39 is 17.6 Å². The maximum Gasteiger partial charge on any atom is 0.406 e. The number of carbonyl (C=O) groups is 1. The second-order valence-corrected chi connectivity index (χ2v) is 12.9. The molecule has 4 heterocycles. The Hall–Kier alpha value is -3.49. The summed E-state index contributed by atoms with van der Waals surface area (Å²) >= 11 is 4.99. The Morgan fingerprint density at radius 1 is 1.25 bits per heavy atom. The molecule has 2 fully saturated rings. The summed E-state index contributed by atoms with van der Waals surface area (Å²) in [6, 6.07) is 8.59. The lowest BCUT2D eigenvalue weighted by molar-refractivity contribution is -0.139. The minimum Gasteiger partial charge on any atom is -0.382 e. The Morgan fingerprint density at radius 2 is 2.05 bits per heavy atom. The van der Waals surface area contributed by atoms with Crippen LogP contribution >= 0.6 is 12.6 Å². The van der Waals surface area contributed by atoms with E-state index in [1.165, 1.54) is 0 Å². The van der Waals surface area contributed by atoms with Crippen LogP contribution < -0.4 is 10.6 Å². The maximum absolute atomic E-state index is 13.8. The Labute approximate surface area is 258 Å².